The Morgan fingerprint density at radius 2 is 1.50 bits per heavy atom. The van der Waals surface area contributed by atoms with E-state index < -0.39 is 32.3 Å². The van der Waals surface area contributed by atoms with Crippen LogP contribution < -0.4 is 5.32 Å². The van der Waals surface area contributed by atoms with Crippen molar-refractivity contribution < 1.29 is 22.8 Å². The van der Waals surface area contributed by atoms with Gasteiger partial charge in [-0.15, -0.1) is 0 Å². The number of Topliss-reactive ketones (excluding diaryl/α,β-unsaturated/α-hetero) is 2. The van der Waals surface area contributed by atoms with Crippen molar-refractivity contribution in [3.8, 4) is 0 Å². The number of hydrogen-bond acceptors (Lipinski definition) is 5. The van der Waals surface area contributed by atoms with Gasteiger partial charge in [0.05, 0.1) is 11.0 Å². The van der Waals surface area contributed by atoms with Crippen molar-refractivity contribution in [2.24, 2.45) is 29.1 Å². The van der Waals surface area contributed by atoms with E-state index in [1.54, 1.807) is 56.3 Å². The van der Waals surface area contributed by atoms with Gasteiger partial charge in [0.2, 0.25) is 5.91 Å². The molecular formula is C39H47Cl2NO5S. The zero-order valence-electron chi connectivity index (χ0n) is 28.8. The zero-order valence-corrected chi connectivity index (χ0v) is 31.1. The van der Waals surface area contributed by atoms with E-state index in [4.69, 9.17) is 23.2 Å². The maximum absolute atomic E-state index is 15.1. The number of rotatable bonds is 12. The number of carbonyl (C=O) groups excluding carboxylic acids is 3. The van der Waals surface area contributed by atoms with Gasteiger partial charge in [-0.2, -0.15) is 0 Å². The van der Waals surface area contributed by atoms with Crippen LogP contribution >= 0.6 is 23.2 Å². The van der Waals surface area contributed by atoms with Gasteiger partial charge < -0.3 is 5.32 Å². The summed E-state index contributed by atoms with van der Waals surface area (Å²) in [6.45, 7) is 12.8. The molecule has 0 spiro atoms. The quantitative estimate of drug-likeness (QED) is 0.189. The van der Waals surface area contributed by atoms with Crippen molar-refractivity contribution in [2.45, 2.75) is 78.4 Å². The third-order valence-electron chi connectivity index (χ3n) is 9.91. The fourth-order valence-corrected chi connectivity index (χ4v) is 8.96. The Morgan fingerprint density at radius 3 is 2.04 bits per heavy atom. The molecule has 5 atom stereocenters. The van der Waals surface area contributed by atoms with E-state index in [1.165, 1.54) is 0 Å². The number of ketones is 2. The molecule has 0 heterocycles. The van der Waals surface area contributed by atoms with Gasteiger partial charge in [0.25, 0.3) is 0 Å². The van der Waals surface area contributed by atoms with Crippen molar-refractivity contribution in [1.29, 1.82) is 0 Å². The molecule has 1 aliphatic rings. The number of anilines is 1. The van der Waals surface area contributed by atoms with Crippen molar-refractivity contribution >= 4 is 56.2 Å². The number of hydrogen-bond donors (Lipinski definition) is 1. The Morgan fingerprint density at radius 1 is 0.875 bits per heavy atom. The van der Waals surface area contributed by atoms with Gasteiger partial charge in [-0.1, -0.05) is 82.1 Å². The smallest absolute Gasteiger partial charge is 0.225 e. The fraction of sp³-hybridized carbons (Fsp3) is 0.462. The summed E-state index contributed by atoms with van der Waals surface area (Å²) in [5.74, 6) is -2.74. The van der Waals surface area contributed by atoms with E-state index >= 15 is 4.79 Å². The van der Waals surface area contributed by atoms with Crippen molar-refractivity contribution in [1.82, 2.24) is 0 Å². The molecule has 6 nitrogen and oxygen atoms in total. The lowest BCUT2D eigenvalue weighted by Crippen LogP contribution is -2.51. The summed E-state index contributed by atoms with van der Waals surface area (Å²) < 4.78 is 27.0. The molecule has 0 saturated heterocycles. The molecule has 3 aromatic rings. The third kappa shape index (κ3) is 8.58. The Hall–Kier alpha value is -3.00. The van der Waals surface area contributed by atoms with E-state index in [1.807, 2.05) is 65.0 Å². The largest absolute Gasteiger partial charge is 0.326 e. The Balaban J connectivity index is 1.81. The van der Waals surface area contributed by atoms with Gasteiger partial charge in [-0.25, -0.2) is 8.42 Å². The molecule has 3 aromatic carbocycles. The van der Waals surface area contributed by atoms with Crippen LogP contribution in [0.25, 0.3) is 0 Å². The van der Waals surface area contributed by atoms with Gasteiger partial charge in [0, 0.05) is 50.9 Å². The van der Waals surface area contributed by atoms with E-state index in [2.05, 4.69) is 5.32 Å². The minimum absolute atomic E-state index is 0.0146. The molecule has 4 rings (SSSR count). The number of benzene rings is 3. The van der Waals surface area contributed by atoms with Crippen LogP contribution in [0.2, 0.25) is 10.0 Å². The van der Waals surface area contributed by atoms with Gasteiger partial charge >= 0.3 is 0 Å². The molecule has 0 aliphatic heterocycles. The highest BCUT2D eigenvalue weighted by atomic mass is 35.5. The first-order valence-electron chi connectivity index (χ1n) is 16.6. The zero-order chi connectivity index (χ0) is 35.6. The number of nitrogens with one attached hydrogen (secondary N) is 1. The van der Waals surface area contributed by atoms with Gasteiger partial charge in [0.15, 0.2) is 15.6 Å². The molecule has 48 heavy (non-hydrogen) atoms. The van der Waals surface area contributed by atoms with Crippen molar-refractivity contribution in [3.05, 3.63) is 99.5 Å². The number of carbonyl (C=O) groups is 3. The van der Waals surface area contributed by atoms with Gasteiger partial charge in [0.1, 0.15) is 5.78 Å². The third-order valence-corrected chi connectivity index (χ3v) is 12.7. The van der Waals surface area contributed by atoms with E-state index in [9.17, 15) is 18.0 Å². The first kappa shape index (κ1) is 37.8. The van der Waals surface area contributed by atoms with Crippen LogP contribution in [0.3, 0.4) is 0 Å². The predicted molar refractivity (Wildman–Crippen MR) is 196 cm³/mol. The van der Waals surface area contributed by atoms with Crippen LogP contribution in [-0.2, 0) is 19.4 Å². The van der Waals surface area contributed by atoms with Gasteiger partial charge in [-0.3, -0.25) is 14.4 Å². The predicted octanol–water partition coefficient (Wildman–Crippen LogP) is 9.42. The first-order valence-corrected chi connectivity index (χ1v) is 19.1. The first-order chi connectivity index (χ1) is 22.4. The average Bonchev–Trinajstić information content (AvgIpc) is 3.01. The number of halogens is 2. The molecule has 1 aliphatic carbocycles. The van der Waals surface area contributed by atoms with Crippen molar-refractivity contribution in [2.75, 3.05) is 11.1 Å². The van der Waals surface area contributed by atoms with Crippen LogP contribution in [0.4, 0.5) is 5.69 Å². The minimum atomic E-state index is -3.53. The molecule has 1 unspecified atom stereocenters. The molecule has 1 N–H and O–H groups in total. The lowest BCUT2D eigenvalue weighted by atomic mass is 9.53. The molecule has 9 heteroatoms. The van der Waals surface area contributed by atoms with E-state index in [-0.39, 0.29) is 53.3 Å². The molecular weight excluding hydrogens is 665 g/mol. The summed E-state index contributed by atoms with van der Waals surface area (Å²) in [6.07, 6.45) is 0.258. The van der Waals surface area contributed by atoms with Crippen LogP contribution in [0.1, 0.15) is 94.6 Å². The molecule has 0 radical (unpaired) electrons. The maximum atomic E-state index is 15.1. The summed E-state index contributed by atoms with van der Waals surface area (Å²) >= 11 is 12.8. The summed E-state index contributed by atoms with van der Waals surface area (Å²) in [7, 11) is -3.53. The second-order valence-corrected chi connectivity index (χ2v) is 18.0. The topological polar surface area (TPSA) is 97.4 Å². The Kier molecular flexibility index (Phi) is 12.0. The lowest BCUT2D eigenvalue weighted by molar-refractivity contribution is -0.143. The second-order valence-electron chi connectivity index (χ2n) is 14.5. The lowest BCUT2D eigenvalue weighted by Gasteiger charge is -2.50. The minimum Gasteiger partial charge on any atom is -0.326 e. The van der Waals surface area contributed by atoms with Crippen LogP contribution in [0.5, 0.6) is 0 Å². The molecule has 0 bridgehead atoms. The van der Waals surface area contributed by atoms with E-state index in [0.717, 1.165) is 11.1 Å². The number of amides is 1. The average molecular weight is 713 g/mol. The second kappa shape index (κ2) is 15.3. The normalized spacial score (nSPS) is 22.2. The summed E-state index contributed by atoms with van der Waals surface area (Å²) in [5.41, 5.74) is 1.78. The standard InChI is InChI=1S/C39H47Cl2NO5S/c1-23(2)33(22-48(46,47)25(5)6)36-35(26-11-15-29(40)16-12-26)32(28-9-8-10-30(41)19-28)20-39(7,38(36)45)21-34(43)42-31-17-13-27(14-18-31)37(44)24(3)4/h8-19,23-25,32-33,35-36H,20-22H2,1-7H3,(H,42,43)/t32-,33-,35-,36?,39-/m1/s1. The summed E-state index contributed by atoms with van der Waals surface area (Å²) in [5, 5.41) is 3.44. The Bertz CT molecular complexity index is 1730. The summed E-state index contributed by atoms with van der Waals surface area (Å²) in [4.78, 5) is 41.2. The maximum Gasteiger partial charge on any atom is 0.225 e. The highest BCUT2D eigenvalue weighted by molar-refractivity contribution is 7.91. The molecule has 258 valence electrons. The molecule has 1 amide bonds. The van der Waals surface area contributed by atoms with Crippen LogP contribution in [0.15, 0.2) is 72.8 Å². The molecule has 1 fully saturated rings. The SMILES string of the molecule is CC(C)C(=O)c1ccc(NC(=O)C[C@@]2(C)C[C@H](c3cccc(Cl)c3)[C@@H](c3ccc(Cl)cc3)C([C@H](CS(=O)(=O)C(C)C)C(C)C)C2=O)cc1. The highest BCUT2D eigenvalue weighted by Crippen LogP contribution is 2.56. The van der Waals surface area contributed by atoms with E-state index in [0.29, 0.717) is 27.7 Å². The Labute approximate surface area is 295 Å². The van der Waals surface area contributed by atoms with Crippen LogP contribution in [-0.4, -0.2) is 36.9 Å². The van der Waals surface area contributed by atoms with Crippen LogP contribution in [0, 0.1) is 29.1 Å². The fourth-order valence-electron chi connectivity index (χ4n) is 7.12. The molecule has 1 saturated carbocycles. The molecule has 0 aromatic heterocycles. The van der Waals surface area contributed by atoms with Gasteiger partial charge in [-0.05, 0) is 97.7 Å². The monoisotopic (exact) mass is 711 g/mol. The van der Waals surface area contributed by atoms with Crippen molar-refractivity contribution in [3.63, 3.8) is 0 Å². The number of sulfone groups is 1. The highest BCUT2D eigenvalue weighted by Gasteiger charge is 2.55. The summed E-state index contributed by atoms with van der Waals surface area (Å²) in [6, 6.07) is 21.8.